The van der Waals surface area contributed by atoms with Crippen LogP contribution in [0.2, 0.25) is 0 Å². The summed E-state index contributed by atoms with van der Waals surface area (Å²) in [6.45, 7) is 3.92. The van der Waals surface area contributed by atoms with Crippen molar-refractivity contribution in [2.75, 3.05) is 5.75 Å². The molecule has 10 heteroatoms. The standard InChI is InChI=1S/C16H15N3O4S2.ClH/c1-2-10-8-25-15-12(17)14(20)18(15)13(10)16(24)23-7-9-3-5-11(6-4-9)19(21)22;/h2-6,12,15H,1,7-8,17H2;1H/t12?,15-;/m1./s1. The van der Waals surface area contributed by atoms with Crippen molar-refractivity contribution in [1.29, 1.82) is 0 Å². The summed E-state index contributed by atoms with van der Waals surface area (Å²) in [6.07, 6.45) is 1.66. The number of non-ortho nitro benzene ring substituents is 1. The summed E-state index contributed by atoms with van der Waals surface area (Å²) >= 11 is 6.93. The van der Waals surface area contributed by atoms with Crippen molar-refractivity contribution in [2.24, 2.45) is 5.73 Å². The van der Waals surface area contributed by atoms with Crippen LogP contribution in [0.3, 0.4) is 0 Å². The zero-order valence-corrected chi connectivity index (χ0v) is 15.9. The number of thiocarbonyl (C=S) groups is 1. The highest BCUT2D eigenvalue weighted by Crippen LogP contribution is 2.40. The van der Waals surface area contributed by atoms with Crippen LogP contribution in [-0.2, 0) is 16.1 Å². The number of nitro benzene ring substituents is 1. The van der Waals surface area contributed by atoms with Crippen LogP contribution in [0.4, 0.5) is 5.69 Å². The Balaban J connectivity index is 0.00000243. The van der Waals surface area contributed by atoms with Gasteiger partial charge in [0.05, 0.1) is 4.92 Å². The fraction of sp³-hybridized carbons (Fsp3) is 0.250. The van der Waals surface area contributed by atoms with Gasteiger partial charge >= 0.3 is 0 Å². The number of nitrogens with two attached hydrogens (primary N) is 1. The second kappa shape index (κ2) is 8.17. The molecule has 3 rings (SSSR count). The van der Waals surface area contributed by atoms with E-state index in [2.05, 4.69) is 6.58 Å². The first-order chi connectivity index (χ1) is 11.9. The molecule has 1 amide bonds. The van der Waals surface area contributed by atoms with Gasteiger partial charge in [-0.3, -0.25) is 19.8 Å². The molecule has 1 fully saturated rings. The Morgan fingerprint density at radius 3 is 2.73 bits per heavy atom. The summed E-state index contributed by atoms with van der Waals surface area (Å²) in [5, 5.41) is 10.7. The lowest BCUT2D eigenvalue weighted by molar-refractivity contribution is -0.384. The van der Waals surface area contributed by atoms with Crippen LogP contribution >= 0.6 is 36.4 Å². The molecule has 1 aromatic rings. The number of carbonyl (C=O) groups is 1. The van der Waals surface area contributed by atoms with Crippen LogP contribution < -0.4 is 5.73 Å². The number of ether oxygens (including phenoxy) is 1. The summed E-state index contributed by atoms with van der Waals surface area (Å²) in [5.41, 5.74) is 7.95. The summed E-state index contributed by atoms with van der Waals surface area (Å²) in [5.74, 6) is 0.468. The van der Waals surface area contributed by atoms with Crippen molar-refractivity contribution < 1.29 is 14.5 Å². The molecule has 0 saturated carbocycles. The SMILES string of the molecule is C=CC1=C(C(=S)OCc2ccc([N+](=O)[O-])cc2)N2C(=O)C(N)[C@H]2SC1.Cl. The maximum Gasteiger partial charge on any atom is 0.269 e. The maximum atomic E-state index is 12.1. The number of nitro groups is 1. The van der Waals surface area contributed by atoms with Crippen molar-refractivity contribution >= 4 is 53.0 Å². The van der Waals surface area contributed by atoms with E-state index in [1.54, 1.807) is 34.9 Å². The molecule has 26 heavy (non-hydrogen) atoms. The molecule has 0 aromatic heterocycles. The number of fused-ring (bicyclic) bond motifs is 1. The van der Waals surface area contributed by atoms with Crippen LogP contribution in [0, 0.1) is 10.1 Å². The van der Waals surface area contributed by atoms with Crippen LogP contribution in [0.25, 0.3) is 0 Å². The van der Waals surface area contributed by atoms with Gasteiger partial charge in [-0.15, -0.1) is 24.2 Å². The molecule has 1 unspecified atom stereocenters. The van der Waals surface area contributed by atoms with Crippen molar-refractivity contribution in [3.05, 3.63) is 63.9 Å². The smallest absolute Gasteiger partial charge is 0.269 e. The van der Waals surface area contributed by atoms with E-state index < -0.39 is 11.0 Å². The molecule has 1 saturated heterocycles. The molecule has 2 N–H and O–H groups in total. The highest BCUT2D eigenvalue weighted by molar-refractivity contribution is 8.00. The molecule has 0 spiro atoms. The average molecular weight is 414 g/mol. The molecule has 2 aliphatic rings. The quantitative estimate of drug-likeness (QED) is 0.342. The van der Waals surface area contributed by atoms with Gasteiger partial charge in [-0.2, -0.15) is 0 Å². The Bertz CT molecular complexity index is 797. The van der Waals surface area contributed by atoms with Crippen LogP contribution in [0.15, 0.2) is 48.2 Å². The number of nitrogens with zero attached hydrogens (tertiary/aromatic N) is 2. The Kier molecular flexibility index (Phi) is 6.40. The van der Waals surface area contributed by atoms with Gasteiger partial charge in [0.2, 0.25) is 11.0 Å². The lowest BCUT2D eigenvalue weighted by Crippen LogP contribution is -2.68. The molecule has 0 radical (unpaired) electrons. The van der Waals surface area contributed by atoms with E-state index in [9.17, 15) is 14.9 Å². The highest BCUT2D eigenvalue weighted by Gasteiger charge is 2.50. The fourth-order valence-electron chi connectivity index (χ4n) is 2.62. The second-order valence-corrected chi connectivity index (χ2v) is 6.99. The van der Waals surface area contributed by atoms with E-state index in [0.29, 0.717) is 11.4 Å². The van der Waals surface area contributed by atoms with Gasteiger partial charge in [0.25, 0.3) is 5.69 Å². The summed E-state index contributed by atoms with van der Waals surface area (Å²) < 4.78 is 5.65. The van der Waals surface area contributed by atoms with Crippen molar-refractivity contribution in [3.63, 3.8) is 0 Å². The van der Waals surface area contributed by atoms with E-state index in [4.69, 9.17) is 22.7 Å². The fourth-order valence-corrected chi connectivity index (χ4v) is 4.19. The van der Waals surface area contributed by atoms with E-state index in [0.717, 1.165) is 11.1 Å². The molecule has 7 nitrogen and oxygen atoms in total. The van der Waals surface area contributed by atoms with E-state index in [-0.39, 0.29) is 41.0 Å². The number of β-lactam (4-membered cyclic amide) rings is 1. The summed E-state index contributed by atoms with van der Waals surface area (Å²) in [7, 11) is 0. The minimum absolute atomic E-state index is 0. The molecule has 0 bridgehead atoms. The Labute approximate surface area is 165 Å². The number of amides is 1. The normalized spacial score (nSPS) is 21.3. The summed E-state index contributed by atoms with van der Waals surface area (Å²) in [6, 6.07) is 5.49. The average Bonchev–Trinajstić information content (AvgIpc) is 2.64. The third kappa shape index (κ3) is 3.61. The Morgan fingerprint density at radius 2 is 2.15 bits per heavy atom. The minimum Gasteiger partial charge on any atom is -0.477 e. The Morgan fingerprint density at radius 1 is 1.50 bits per heavy atom. The van der Waals surface area contributed by atoms with E-state index in [1.807, 2.05) is 0 Å². The topological polar surface area (TPSA) is 98.7 Å². The lowest BCUT2D eigenvalue weighted by atomic mass is 10.0. The number of rotatable bonds is 5. The van der Waals surface area contributed by atoms with Gasteiger partial charge < -0.3 is 10.5 Å². The third-order valence-electron chi connectivity index (χ3n) is 4.00. The van der Waals surface area contributed by atoms with Gasteiger partial charge in [0, 0.05) is 17.9 Å². The first-order valence-electron chi connectivity index (χ1n) is 7.40. The molecule has 138 valence electrons. The van der Waals surface area contributed by atoms with Gasteiger partial charge in [-0.1, -0.05) is 12.7 Å². The first-order valence-corrected chi connectivity index (χ1v) is 8.86. The molecular weight excluding hydrogens is 398 g/mol. The van der Waals surface area contributed by atoms with Crippen LogP contribution in [0.5, 0.6) is 0 Å². The number of benzene rings is 1. The number of allylic oxidation sites excluding steroid dienone is 1. The van der Waals surface area contributed by atoms with E-state index in [1.165, 1.54) is 12.1 Å². The van der Waals surface area contributed by atoms with Crippen LogP contribution in [-0.4, -0.2) is 37.9 Å². The van der Waals surface area contributed by atoms with Gasteiger partial charge in [-0.25, -0.2) is 0 Å². The number of carbonyl (C=O) groups excluding carboxylic acids is 1. The number of thioether (sulfide) groups is 1. The molecular formula is C16H16ClN3O4S2. The van der Waals surface area contributed by atoms with Gasteiger partial charge in [0.15, 0.2) is 0 Å². The predicted octanol–water partition coefficient (Wildman–Crippen LogP) is 2.54. The summed E-state index contributed by atoms with van der Waals surface area (Å²) in [4.78, 5) is 23.9. The van der Waals surface area contributed by atoms with Crippen molar-refractivity contribution in [1.82, 2.24) is 4.90 Å². The molecule has 1 aromatic carbocycles. The monoisotopic (exact) mass is 413 g/mol. The number of hydrogen-bond acceptors (Lipinski definition) is 7. The zero-order valence-electron chi connectivity index (χ0n) is 13.5. The van der Waals surface area contributed by atoms with Crippen LogP contribution in [0.1, 0.15) is 5.56 Å². The van der Waals surface area contributed by atoms with Crippen molar-refractivity contribution in [3.8, 4) is 0 Å². The first kappa shape index (κ1) is 20.4. The molecule has 2 heterocycles. The van der Waals surface area contributed by atoms with Crippen molar-refractivity contribution in [2.45, 2.75) is 18.0 Å². The predicted molar refractivity (Wildman–Crippen MR) is 106 cm³/mol. The Hall–Kier alpha value is -1.94. The zero-order chi connectivity index (χ0) is 18.1. The minimum atomic E-state index is -0.524. The number of hydrogen-bond donors (Lipinski definition) is 1. The molecule has 2 atom stereocenters. The largest absolute Gasteiger partial charge is 0.477 e. The number of halogens is 1. The maximum absolute atomic E-state index is 12.1. The lowest BCUT2D eigenvalue weighted by Gasteiger charge is -2.48. The molecule has 0 aliphatic carbocycles. The van der Waals surface area contributed by atoms with Gasteiger partial charge in [-0.05, 0) is 35.5 Å². The van der Waals surface area contributed by atoms with E-state index >= 15 is 0 Å². The second-order valence-electron chi connectivity index (χ2n) is 5.51. The van der Waals surface area contributed by atoms with Gasteiger partial charge in [0.1, 0.15) is 23.7 Å². The highest BCUT2D eigenvalue weighted by atomic mass is 35.5. The molecule has 2 aliphatic heterocycles. The third-order valence-corrected chi connectivity index (χ3v) is 5.63.